The lowest BCUT2D eigenvalue weighted by molar-refractivity contribution is -0.384. The molecular formula is C26H29ClN4O5. The van der Waals surface area contributed by atoms with Gasteiger partial charge in [-0.2, -0.15) is 0 Å². The number of ether oxygens (including phenoxy) is 3. The Morgan fingerprint density at radius 3 is 2.31 bits per heavy atom. The fourth-order valence-corrected chi connectivity index (χ4v) is 3.33. The molecule has 36 heavy (non-hydrogen) atoms. The van der Waals surface area contributed by atoms with Crippen LogP contribution < -0.4 is 10.5 Å². The zero-order chi connectivity index (χ0) is 25.8. The number of nitro benzene ring substituents is 1. The molecule has 9 nitrogen and oxygen atoms in total. The van der Waals surface area contributed by atoms with Crippen molar-refractivity contribution in [1.29, 1.82) is 0 Å². The molecule has 0 fully saturated rings. The molecule has 0 aliphatic carbocycles. The van der Waals surface area contributed by atoms with Crippen LogP contribution in [0.4, 0.5) is 11.4 Å². The van der Waals surface area contributed by atoms with Crippen molar-refractivity contribution in [1.82, 2.24) is 9.97 Å². The summed E-state index contributed by atoms with van der Waals surface area (Å²) in [6.45, 7) is 5.18. The highest BCUT2D eigenvalue weighted by Gasteiger charge is 2.06. The van der Waals surface area contributed by atoms with Crippen LogP contribution in [-0.2, 0) is 9.47 Å². The number of unbranched alkanes of at least 4 members (excludes halogenated alkanes) is 1. The molecule has 0 bridgehead atoms. The van der Waals surface area contributed by atoms with Gasteiger partial charge in [0, 0.05) is 41.3 Å². The molecule has 0 atom stereocenters. The number of nitrogens with zero attached hydrogens (tertiary/aromatic N) is 3. The van der Waals surface area contributed by atoms with Crippen LogP contribution in [0.2, 0.25) is 5.15 Å². The Balaban J connectivity index is 0.000000221. The van der Waals surface area contributed by atoms with Crippen LogP contribution in [0.15, 0.2) is 60.7 Å². The first-order chi connectivity index (χ1) is 17.5. The average Bonchev–Trinajstić information content (AvgIpc) is 2.87. The van der Waals surface area contributed by atoms with E-state index in [0.717, 1.165) is 36.0 Å². The van der Waals surface area contributed by atoms with E-state index in [1.807, 2.05) is 30.3 Å². The first kappa shape index (κ1) is 27.1. The van der Waals surface area contributed by atoms with Crippen LogP contribution >= 0.6 is 11.6 Å². The lowest BCUT2D eigenvalue weighted by atomic mass is 10.2. The number of anilines is 1. The van der Waals surface area contributed by atoms with Crippen molar-refractivity contribution < 1.29 is 19.1 Å². The third kappa shape index (κ3) is 8.60. The zero-order valence-electron chi connectivity index (χ0n) is 20.1. The number of pyridine rings is 2. The van der Waals surface area contributed by atoms with Crippen molar-refractivity contribution in [3.8, 4) is 5.88 Å². The molecule has 0 unspecified atom stereocenters. The fourth-order valence-electron chi connectivity index (χ4n) is 3.18. The molecular weight excluding hydrogens is 484 g/mol. The number of halogens is 1. The summed E-state index contributed by atoms with van der Waals surface area (Å²) < 4.78 is 16.4. The van der Waals surface area contributed by atoms with E-state index >= 15 is 0 Å². The summed E-state index contributed by atoms with van der Waals surface area (Å²) in [5.41, 5.74) is 8.06. The van der Waals surface area contributed by atoms with Gasteiger partial charge in [-0.25, -0.2) is 9.97 Å². The standard InChI is InChI=1S/C17H24N2O3.C9H5ClN2O2/c1-2-3-8-20-9-10-21-11-12-22-17-7-4-14-13-15(18)5-6-16(14)19-17;10-9-4-1-6-5-7(12(13)14)2-3-8(6)11-9/h4-7,13H,2-3,8-12,18H2,1H3;1-5H. The van der Waals surface area contributed by atoms with Crippen molar-refractivity contribution in [3.05, 3.63) is 75.9 Å². The van der Waals surface area contributed by atoms with E-state index in [1.54, 1.807) is 18.2 Å². The number of nitro groups is 1. The second-order valence-corrected chi connectivity index (χ2v) is 8.18. The molecule has 2 N–H and O–H groups in total. The van der Waals surface area contributed by atoms with E-state index in [1.165, 1.54) is 12.1 Å². The Morgan fingerprint density at radius 1 is 0.861 bits per heavy atom. The van der Waals surface area contributed by atoms with E-state index in [-0.39, 0.29) is 5.69 Å². The minimum atomic E-state index is -0.436. The SMILES string of the molecule is CCCCOCCOCCOc1ccc2cc(N)ccc2n1.O=[N+]([O-])c1ccc2nc(Cl)ccc2c1. The molecule has 0 saturated carbocycles. The van der Waals surface area contributed by atoms with Gasteiger partial charge in [0.05, 0.1) is 35.8 Å². The Bertz CT molecular complexity index is 1290. The quantitative estimate of drug-likeness (QED) is 0.0875. The maximum absolute atomic E-state index is 10.5. The highest BCUT2D eigenvalue weighted by Crippen LogP contribution is 2.21. The molecule has 0 amide bonds. The van der Waals surface area contributed by atoms with Crippen LogP contribution in [-0.4, -0.2) is 47.9 Å². The van der Waals surface area contributed by atoms with Crippen molar-refractivity contribution >= 4 is 44.8 Å². The van der Waals surface area contributed by atoms with Crippen molar-refractivity contribution in [3.63, 3.8) is 0 Å². The molecule has 0 spiro atoms. The largest absolute Gasteiger partial charge is 0.475 e. The van der Waals surface area contributed by atoms with Crippen molar-refractivity contribution in [2.45, 2.75) is 19.8 Å². The molecule has 2 aromatic carbocycles. The third-order valence-electron chi connectivity index (χ3n) is 5.03. The first-order valence-corrected chi connectivity index (χ1v) is 12.0. The smallest absolute Gasteiger partial charge is 0.270 e. The summed E-state index contributed by atoms with van der Waals surface area (Å²) in [5.74, 6) is 0.597. The van der Waals surface area contributed by atoms with E-state index < -0.39 is 4.92 Å². The second-order valence-electron chi connectivity index (χ2n) is 7.80. The van der Waals surface area contributed by atoms with Gasteiger partial charge in [0.25, 0.3) is 5.69 Å². The summed E-state index contributed by atoms with van der Waals surface area (Å²) in [5, 5.41) is 12.6. The minimum absolute atomic E-state index is 0.0571. The normalized spacial score (nSPS) is 10.7. The maximum Gasteiger partial charge on any atom is 0.270 e. The number of rotatable bonds is 11. The summed E-state index contributed by atoms with van der Waals surface area (Å²) in [6.07, 6.45) is 2.25. The number of hydrogen-bond acceptors (Lipinski definition) is 8. The highest BCUT2D eigenvalue weighted by atomic mass is 35.5. The molecule has 2 aromatic heterocycles. The Labute approximate surface area is 214 Å². The molecule has 0 saturated heterocycles. The maximum atomic E-state index is 10.5. The van der Waals surface area contributed by atoms with E-state index in [4.69, 9.17) is 31.5 Å². The Morgan fingerprint density at radius 2 is 1.53 bits per heavy atom. The topological polar surface area (TPSA) is 123 Å². The van der Waals surface area contributed by atoms with Gasteiger partial charge in [-0.05, 0) is 48.9 Å². The first-order valence-electron chi connectivity index (χ1n) is 11.6. The van der Waals surface area contributed by atoms with Gasteiger partial charge in [-0.15, -0.1) is 0 Å². The van der Waals surface area contributed by atoms with Crippen LogP contribution in [0.1, 0.15) is 19.8 Å². The van der Waals surface area contributed by atoms with E-state index in [0.29, 0.717) is 48.4 Å². The predicted octanol–water partition coefficient (Wildman–Crippen LogP) is 5.83. The molecule has 0 aliphatic heterocycles. The fraction of sp³-hybridized carbons (Fsp3) is 0.308. The van der Waals surface area contributed by atoms with Gasteiger partial charge in [0.1, 0.15) is 11.8 Å². The monoisotopic (exact) mass is 512 g/mol. The molecule has 0 aliphatic rings. The molecule has 190 valence electrons. The number of nitrogen functional groups attached to an aromatic ring is 1. The van der Waals surface area contributed by atoms with Gasteiger partial charge in [-0.3, -0.25) is 10.1 Å². The van der Waals surface area contributed by atoms with Crippen LogP contribution in [0.5, 0.6) is 5.88 Å². The number of nitrogens with two attached hydrogens (primary N) is 1. The van der Waals surface area contributed by atoms with Crippen molar-refractivity contribution in [2.75, 3.05) is 38.8 Å². The predicted molar refractivity (Wildman–Crippen MR) is 142 cm³/mol. The second kappa shape index (κ2) is 14.1. The molecule has 10 heteroatoms. The minimum Gasteiger partial charge on any atom is -0.475 e. The Kier molecular flexibility index (Phi) is 10.6. The number of fused-ring (bicyclic) bond motifs is 2. The van der Waals surface area contributed by atoms with Gasteiger partial charge < -0.3 is 19.9 Å². The summed E-state index contributed by atoms with van der Waals surface area (Å²) in [7, 11) is 0. The molecule has 2 heterocycles. The van der Waals surface area contributed by atoms with Gasteiger partial charge in [0.2, 0.25) is 5.88 Å². The summed E-state index contributed by atoms with van der Waals surface area (Å²) in [4.78, 5) is 18.5. The molecule has 4 aromatic rings. The average molecular weight is 513 g/mol. The zero-order valence-corrected chi connectivity index (χ0v) is 20.8. The lowest BCUT2D eigenvalue weighted by Crippen LogP contribution is -2.11. The third-order valence-corrected chi connectivity index (χ3v) is 5.24. The van der Waals surface area contributed by atoms with Crippen LogP contribution in [0.25, 0.3) is 21.8 Å². The van der Waals surface area contributed by atoms with Gasteiger partial charge >= 0.3 is 0 Å². The highest BCUT2D eigenvalue weighted by molar-refractivity contribution is 6.29. The van der Waals surface area contributed by atoms with Crippen molar-refractivity contribution in [2.24, 2.45) is 0 Å². The lowest BCUT2D eigenvalue weighted by Gasteiger charge is -2.08. The van der Waals surface area contributed by atoms with E-state index in [9.17, 15) is 10.1 Å². The van der Waals surface area contributed by atoms with Gasteiger partial charge in [0.15, 0.2) is 0 Å². The Hall–Kier alpha value is -3.53. The van der Waals surface area contributed by atoms with Crippen LogP contribution in [0.3, 0.4) is 0 Å². The summed E-state index contributed by atoms with van der Waals surface area (Å²) >= 11 is 5.68. The number of aromatic nitrogens is 2. The molecule has 0 radical (unpaired) electrons. The van der Waals surface area contributed by atoms with Gasteiger partial charge in [-0.1, -0.05) is 24.9 Å². The van der Waals surface area contributed by atoms with Crippen LogP contribution in [0, 0.1) is 10.1 Å². The number of hydrogen-bond donors (Lipinski definition) is 1. The number of benzene rings is 2. The van der Waals surface area contributed by atoms with E-state index in [2.05, 4.69) is 16.9 Å². The molecule has 4 rings (SSSR count). The summed E-state index contributed by atoms with van der Waals surface area (Å²) in [6, 6.07) is 17.2. The number of non-ortho nitro benzene ring substituents is 1.